The first-order valence-electron chi connectivity index (χ1n) is 3.09. The fourth-order valence-electron chi connectivity index (χ4n) is 0.247. The average molecular weight is 252 g/mol. The van der Waals surface area contributed by atoms with Crippen molar-refractivity contribution < 1.29 is 98.7 Å². The van der Waals surface area contributed by atoms with Crippen LogP contribution in [-0.2, 0) is 19.2 Å². The predicted molar refractivity (Wildman–Crippen MR) is 34.5 cm³/mol. The molecule has 0 aliphatic carbocycles. The average Bonchev–Trinajstić information content (AvgIpc) is 1.79. The van der Waals surface area contributed by atoms with E-state index in [1.54, 1.807) is 0 Å². The van der Waals surface area contributed by atoms with E-state index in [1.807, 2.05) is 0 Å². The van der Waals surface area contributed by atoms with Crippen molar-refractivity contribution in [1.29, 1.82) is 0 Å². The molecule has 0 saturated carbocycles. The normalized spacial score (nSPS) is 7.00. The number of aliphatic carboxylic acids is 4. The van der Waals surface area contributed by atoms with Crippen molar-refractivity contribution in [2.45, 2.75) is 12.8 Å². The summed E-state index contributed by atoms with van der Waals surface area (Å²) in [4.78, 5) is 37.4. The smallest absolute Gasteiger partial charge is 0.550 e. The van der Waals surface area contributed by atoms with Gasteiger partial charge in [0.15, 0.2) is 0 Å². The van der Waals surface area contributed by atoms with Crippen molar-refractivity contribution >= 4 is 23.9 Å². The van der Waals surface area contributed by atoms with Crippen LogP contribution >= 0.6 is 0 Å². The van der Waals surface area contributed by atoms with Crippen molar-refractivity contribution in [3.63, 3.8) is 0 Å². The molecule has 0 amide bonds. The van der Waals surface area contributed by atoms with E-state index >= 15 is 0 Å². The number of carboxylic acid groups (broad SMARTS) is 4. The van der Waals surface area contributed by atoms with Gasteiger partial charge in [-0.15, -0.1) is 0 Å². The van der Waals surface area contributed by atoms with Crippen LogP contribution < -0.4 is 69.3 Å². The van der Waals surface area contributed by atoms with Crippen molar-refractivity contribution in [2.75, 3.05) is 0 Å². The van der Waals surface area contributed by atoms with Crippen LogP contribution in [0.4, 0.5) is 0 Å². The monoisotopic (exact) mass is 252 g/mol. The maximum absolute atomic E-state index is 9.43. The maximum Gasteiger partial charge on any atom is 1.00 e. The summed E-state index contributed by atoms with van der Waals surface area (Å²) in [5.41, 5.74) is 0. The largest absolute Gasteiger partial charge is 1.00 e. The zero-order valence-corrected chi connectivity index (χ0v) is 12.8. The molecule has 8 nitrogen and oxygen atoms in total. The van der Waals surface area contributed by atoms with Crippen LogP contribution in [0.5, 0.6) is 0 Å². The van der Waals surface area contributed by atoms with E-state index < -0.39 is 36.7 Å². The number of hydrogen-bond donors (Lipinski definition) is 2. The first-order chi connectivity index (χ1) is 6.25. The summed E-state index contributed by atoms with van der Waals surface area (Å²) in [7, 11) is 0. The molecule has 0 aliphatic rings. The molecule has 0 rings (SSSR count). The second-order valence-corrected chi connectivity index (χ2v) is 1.89. The molecular weight excluding hydrogens is 246 g/mol. The van der Waals surface area contributed by atoms with Gasteiger partial charge in [-0.3, -0.25) is 9.59 Å². The van der Waals surface area contributed by atoms with Crippen LogP contribution in [0.2, 0.25) is 0 Å². The Labute approximate surface area is 134 Å². The summed E-state index contributed by atoms with van der Waals surface area (Å²) in [5, 5.41) is 34.0. The molecule has 10 heteroatoms. The van der Waals surface area contributed by atoms with Gasteiger partial charge in [0.05, 0.1) is 0 Å². The van der Waals surface area contributed by atoms with E-state index in [9.17, 15) is 29.4 Å². The summed E-state index contributed by atoms with van der Waals surface area (Å²) in [6.07, 6.45) is -1.83. The third kappa shape index (κ3) is 37.1. The number of rotatable bonds is 4. The zero-order chi connectivity index (χ0) is 11.7. The van der Waals surface area contributed by atoms with Crippen molar-refractivity contribution in [3.8, 4) is 0 Å². The molecular formula is C6H6Na2O8. The van der Waals surface area contributed by atoms with Gasteiger partial charge in [0, 0.05) is 18.4 Å². The number of carbonyl (C=O) groups is 4. The summed E-state index contributed by atoms with van der Waals surface area (Å²) >= 11 is 0. The Morgan fingerprint density at radius 3 is 1.00 bits per heavy atom. The van der Waals surface area contributed by atoms with E-state index in [-0.39, 0.29) is 59.1 Å². The quantitative estimate of drug-likeness (QED) is 0.369. The van der Waals surface area contributed by atoms with Crippen LogP contribution in [-0.4, -0.2) is 34.1 Å². The molecule has 0 fully saturated rings. The fourth-order valence-corrected chi connectivity index (χ4v) is 0.247. The van der Waals surface area contributed by atoms with Gasteiger partial charge in [0.25, 0.3) is 0 Å². The molecule has 0 unspecified atom stereocenters. The van der Waals surface area contributed by atoms with Gasteiger partial charge in [-0.05, 0) is 0 Å². The van der Waals surface area contributed by atoms with E-state index in [0.717, 1.165) is 0 Å². The maximum atomic E-state index is 9.43. The molecule has 0 spiro atoms. The zero-order valence-electron chi connectivity index (χ0n) is 8.76. The summed E-state index contributed by atoms with van der Waals surface area (Å²) < 4.78 is 0. The summed E-state index contributed by atoms with van der Waals surface area (Å²) in [6.45, 7) is 0. The van der Waals surface area contributed by atoms with E-state index in [1.165, 1.54) is 0 Å². The van der Waals surface area contributed by atoms with Crippen LogP contribution in [0.3, 0.4) is 0 Å². The number of hydrogen-bond acceptors (Lipinski definition) is 6. The van der Waals surface area contributed by atoms with E-state index in [2.05, 4.69) is 0 Å². The van der Waals surface area contributed by atoms with E-state index in [0.29, 0.717) is 0 Å². The molecule has 0 radical (unpaired) electrons. The summed E-state index contributed by atoms with van der Waals surface area (Å²) in [5.74, 6) is -5.88. The van der Waals surface area contributed by atoms with Gasteiger partial charge in [-0.25, -0.2) is 0 Å². The number of carboxylic acids is 4. The van der Waals surface area contributed by atoms with Crippen molar-refractivity contribution in [2.24, 2.45) is 0 Å². The van der Waals surface area contributed by atoms with Crippen LogP contribution in [0.15, 0.2) is 0 Å². The Morgan fingerprint density at radius 2 is 1.00 bits per heavy atom. The van der Waals surface area contributed by atoms with Crippen molar-refractivity contribution in [3.05, 3.63) is 0 Å². The van der Waals surface area contributed by atoms with E-state index in [4.69, 9.17) is 10.2 Å². The molecule has 0 aromatic rings. The fraction of sp³-hybridized carbons (Fsp3) is 0.333. The van der Waals surface area contributed by atoms with Gasteiger partial charge in [-0.1, -0.05) is 0 Å². The van der Waals surface area contributed by atoms with Gasteiger partial charge in [0.1, 0.15) is 6.42 Å². The predicted octanol–water partition coefficient (Wildman–Crippen LogP) is -9.57. The Kier molecular flexibility index (Phi) is 23.2. The molecule has 2 N–H and O–H groups in total. The first kappa shape index (κ1) is 24.9. The molecule has 0 aliphatic heterocycles. The Bertz CT molecular complexity index is 201. The minimum atomic E-state index is -1.63. The third-order valence-corrected chi connectivity index (χ3v) is 0.591. The van der Waals surface area contributed by atoms with Gasteiger partial charge in [-0.2, -0.15) is 0 Å². The molecule has 16 heavy (non-hydrogen) atoms. The minimum absolute atomic E-state index is 0. The molecule has 80 valence electrons. The first-order valence-corrected chi connectivity index (χ1v) is 3.09. The molecule has 0 aromatic carbocycles. The molecule has 0 atom stereocenters. The van der Waals surface area contributed by atoms with Crippen LogP contribution in [0, 0.1) is 0 Å². The Balaban J connectivity index is -0.0000000800. The molecule has 0 heterocycles. The molecule has 0 bridgehead atoms. The summed E-state index contributed by atoms with van der Waals surface area (Å²) in [6, 6.07) is 0. The third-order valence-electron chi connectivity index (χ3n) is 0.591. The molecule has 0 saturated heterocycles. The minimum Gasteiger partial charge on any atom is -0.550 e. The Hall–Kier alpha value is -0.120. The van der Waals surface area contributed by atoms with Gasteiger partial charge in [0.2, 0.25) is 0 Å². The topological polar surface area (TPSA) is 155 Å². The standard InChI is InChI=1S/2C3H4O4.2Na/c2*4-2(5)1-3(6)7;;/h2*1H2,(H,4,5)(H,6,7);;/q;;2*+1/p-2. The SMILES string of the molecule is O=C(O)CC(=O)O.O=C([O-])CC(=O)[O-].[Na+].[Na+]. The van der Waals surface area contributed by atoms with Gasteiger partial charge < -0.3 is 30.0 Å². The van der Waals surface area contributed by atoms with Crippen LogP contribution in [0.25, 0.3) is 0 Å². The second kappa shape index (κ2) is 14.9. The van der Waals surface area contributed by atoms with Gasteiger partial charge >= 0.3 is 71.1 Å². The van der Waals surface area contributed by atoms with Crippen LogP contribution in [0.1, 0.15) is 12.8 Å². The van der Waals surface area contributed by atoms with Crippen molar-refractivity contribution in [1.82, 2.24) is 0 Å². The molecule has 0 aromatic heterocycles. The Morgan fingerprint density at radius 1 is 0.750 bits per heavy atom. The number of carbonyl (C=O) groups excluding carboxylic acids is 2. The second-order valence-electron chi connectivity index (χ2n) is 1.89.